The maximum Gasteiger partial charge on any atom is 0.241 e. The maximum atomic E-state index is 14.7. The van der Waals surface area contributed by atoms with Crippen LogP contribution in [0, 0.1) is 29.1 Å². The van der Waals surface area contributed by atoms with Crippen molar-refractivity contribution >= 4 is 40.7 Å². The number of phenolic OH excluding ortho intramolecular Hbond substituents is 1. The molecule has 5 aliphatic rings. The molecule has 3 saturated heterocycles. The first kappa shape index (κ1) is 32.1. The predicted octanol–water partition coefficient (Wildman–Crippen LogP) is 4.68. The molecule has 1 saturated carbocycles. The Morgan fingerprint density at radius 1 is 0.800 bits per heavy atom. The molecule has 0 unspecified atom stereocenters. The van der Waals surface area contributed by atoms with Crippen molar-refractivity contribution in [1.82, 2.24) is 0 Å². The minimum atomic E-state index is -1.33. The third kappa shape index (κ3) is 4.59. The van der Waals surface area contributed by atoms with Gasteiger partial charge in [0.05, 0.1) is 62.0 Å². The monoisotopic (exact) mass is 677 g/mol. The highest BCUT2D eigenvalue weighted by atomic mass is 16.5. The summed E-state index contributed by atoms with van der Waals surface area (Å²) in [4.78, 5) is 62.4. The number of aromatic hydroxyl groups is 1. The van der Waals surface area contributed by atoms with E-state index in [9.17, 15) is 24.3 Å². The van der Waals surface area contributed by atoms with E-state index < -0.39 is 40.9 Å². The number of para-hydroxylation sites is 1. The Hall–Kier alpha value is -5.16. The van der Waals surface area contributed by atoms with Gasteiger partial charge in [-0.05, 0) is 62.1 Å². The van der Waals surface area contributed by atoms with Gasteiger partial charge in [-0.25, -0.2) is 4.90 Å². The Balaban J connectivity index is 1.22. The molecule has 1 N–H and O–H groups in total. The Kier molecular flexibility index (Phi) is 7.70. The highest BCUT2D eigenvalue weighted by Crippen LogP contribution is 2.65. The van der Waals surface area contributed by atoms with Crippen molar-refractivity contribution < 1.29 is 38.5 Å². The average Bonchev–Trinajstić information content (AvgIpc) is 3.51. The van der Waals surface area contributed by atoms with E-state index in [1.807, 2.05) is 36.4 Å². The zero-order valence-corrected chi connectivity index (χ0v) is 28.2. The Morgan fingerprint density at radius 3 is 2.16 bits per heavy atom. The third-order valence-electron chi connectivity index (χ3n) is 11.6. The molecule has 4 amide bonds. The van der Waals surface area contributed by atoms with E-state index in [0.29, 0.717) is 41.7 Å². The second kappa shape index (κ2) is 12.0. The molecule has 3 aliphatic heterocycles. The number of fused-ring (bicyclic) bond motifs is 4. The molecule has 0 bridgehead atoms. The van der Waals surface area contributed by atoms with Gasteiger partial charge in [-0.1, -0.05) is 29.8 Å². The molecule has 3 aromatic carbocycles. The van der Waals surface area contributed by atoms with Gasteiger partial charge in [0.2, 0.25) is 23.6 Å². The van der Waals surface area contributed by atoms with Crippen LogP contribution in [0.4, 0.5) is 17.1 Å². The van der Waals surface area contributed by atoms with Gasteiger partial charge in [-0.2, -0.15) is 0 Å². The highest BCUT2D eigenvalue weighted by Gasteiger charge is 2.68. The van der Waals surface area contributed by atoms with Crippen LogP contribution in [0.2, 0.25) is 0 Å². The molecule has 2 aliphatic carbocycles. The standard InChI is InChI=1S/C39H39N3O8/c1-39-29(36(45)42(38(39)47)23-7-5-4-6-8-23)21-28-26(34(39)33-30(43)19-25(48-2)20-31(33)49-3)13-14-27-32(28)37(46)41(35(27)44)24-11-9-22(10-12-24)40-15-17-50-18-16-40/h4-13,19-20,27-29,32,34,43H,14-18,21H2,1-3H3/t27-,28+,29-,32-,34+,39+/m0/s1. The average molecular weight is 678 g/mol. The van der Waals surface area contributed by atoms with Gasteiger partial charge in [0, 0.05) is 42.4 Å². The number of anilines is 3. The van der Waals surface area contributed by atoms with Crippen LogP contribution in [0.5, 0.6) is 17.2 Å². The predicted molar refractivity (Wildman–Crippen MR) is 184 cm³/mol. The summed E-state index contributed by atoms with van der Waals surface area (Å²) in [6.07, 6.45) is 2.45. The van der Waals surface area contributed by atoms with E-state index in [1.54, 1.807) is 37.3 Å². The summed E-state index contributed by atoms with van der Waals surface area (Å²) >= 11 is 0. The van der Waals surface area contributed by atoms with Crippen molar-refractivity contribution in [2.75, 3.05) is 55.2 Å². The number of nitrogens with zero attached hydrogens (tertiary/aromatic N) is 3. The summed E-state index contributed by atoms with van der Waals surface area (Å²) in [7, 11) is 2.95. The molecule has 11 heteroatoms. The fourth-order valence-corrected chi connectivity index (χ4v) is 9.20. The molecule has 6 atom stereocenters. The summed E-state index contributed by atoms with van der Waals surface area (Å²) in [5.41, 5.74) is 1.72. The number of amides is 4. The first-order valence-electron chi connectivity index (χ1n) is 17.1. The smallest absolute Gasteiger partial charge is 0.241 e. The van der Waals surface area contributed by atoms with Crippen LogP contribution in [0.1, 0.15) is 31.2 Å². The Labute approximate surface area is 290 Å². The molecule has 0 radical (unpaired) electrons. The molecule has 0 spiro atoms. The van der Waals surface area contributed by atoms with Crippen LogP contribution >= 0.6 is 0 Å². The van der Waals surface area contributed by atoms with E-state index in [1.165, 1.54) is 30.1 Å². The lowest BCUT2D eigenvalue weighted by Crippen LogP contribution is -2.49. The second-order valence-electron chi connectivity index (χ2n) is 13.9. The lowest BCUT2D eigenvalue weighted by atomic mass is 9.51. The van der Waals surface area contributed by atoms with Crippen LogP contribution < -0.4 is 24.2 Å². The van der Waals surface area contributed by atoms with Gasteiger partial charge in [-0.3, -0.25) is 24.1 Å². The van der Waals surface area contributed by atoms with Crippen LogP contribution in [0.3, 0.4) is 0 Å². The number of hydrogen-bond donors (Lipinski definition) is 1. The van der Waals surface area contributed by atoms with E-state index >= 15 is 0 Å². The van der Waals surface area contributed by atoms with Gasteiger partial charge < -0.3 is 24.2 Å². The molecule has 0 aromatic heterocycles. The largest absolute Gasteiger partial charge is 0.507 e. The maximum absolute atomic E-state index is 14.7. The normalized spacial score (nSPS) is 29.1. The minimum absolute atomic E-state index is 0.149. The number of benzene rings is 3. The SMILES string of the molecule is COc1cc(O)c([C@H]2C3=CC[C@@H]4C(=O)N(c5ccc(N6CCOCC6)cc5)C(=O)[C@@H]4[C@@H]3C[C@H]3C(=O)N(c4ccccc4)C(=O)[C@@]23C)c(OC)c1. The van der Waals surface area contributed by atoms with E-state index in [2.05, 4.69) is 4.90 Å². The van der Waals surface area contributed by atoms with Crippen molar-refractivity contribution in [3.05, 3.63) is 83.9 Å². The van der Waals surface area contributed by atoms with Gasteiger partial charge in [-0.15, -0.1) is 0 Å². The summed E-state index contributed by atoms with van der Waals surface area (Å²) in [6.45, 7) is 4.59. The van der Waals surface area contributed by atoms with E-state index in [4.69, 9.17) is 14.2 Å². The summed E-state index contributed by atoms with van der Waals surface area (Å²) in [5, 5.41) is 11.6. The topological polar surface area (TPSA) is 126 Å². The number of hydrogen-bond acceptors (Lipinski definition) is 9. The van der Waals surface area contributed by atoms with Crippen LogP contribution in [-0.4, -0.2) is 69.3 Å². The zero-order chi connectivity index (χ0) is 34.9. The number of carbonyl (C=O) groups is 4. The minimum Gasteiger partial charge on any atom is -0.507 e. The molecular formula is C39H39N3O8. The van der Waals surface area contributed by atoms with Crippen molar-refractivity contribution in [3.8, 4) is 17.2 Å². The fourth-order valence-electron chi connectivity index (χ4n) is 9.20. The molecule has 258 valence electrons. The number of phenols is 1. The second-order valence-corrected chi connectivity index (χ2v) is 13.9. The van der Waals surface area contributed by atoms with Gasteiger partial charge in [0.15, 0.2) is 0 Å². The molecule has 3 aromatic rings. The van der Waals surface area contributed by atoms with Gasteiger partial charge in [0.25, 0.3) is 0 Å². The quantitative estimate of drug-likeness (QED) is 0.293. The Bertz CT molecular complexity index is 1920. The van der Waals surface area contributed by atoms with Crippen molar-refractivity contribution in [2.45, 2.75) is 25.7 Å². The van der Waals surface area contributed by atoms with E-state index in [-0.39, 0.29) is 36.3 Å². The number of carbonyl (C=O) groups excluding carboxylic acids is 4. The molecule has 50 heavy (non-hydrogen) atoms. The molecular weight excluding hydrogens is 638 g/mol. The van der Waals surface area contributed by atoms with Crippen molar-refractivity contribution in [2.24, 2.45) is 29.1 Å². The first-order valence-corrected chi connectivity index (χ1v) is 17.1. The number of allylic oxidation sites excluding steroid dienone is 2. The lowest BCUT2D eigenvalue weighted by molar-refractivity contribution is -0.131. The fraction of sp³-hybridized carbons (Fsp3) is 0.385. The number of methoxy groups -OCH3 is 2. The zero-order valence-electron chi connectivity index (χ0n) is 28.2. The lowest BCUT2D eigenvalue weighted by Gasteiger charge is -2.49. The van der Waals surface area contributed by atoms with Crippen LogP contribution in [-0.2, 0) is 23.9 Å². The van der Waals surface area contributed by atoms with Gasteiger partial charge in [0.1, 0.15) is 17.2 Å². The molecule has 11 nitrogen and oxygen atoms in total. The first-order chi connectivity index (χ1) is 24.2. The molecule has 8 rings (SSSR count). The summed E-state index contributed by atoms with van der Waals surface area (Å²) < 4.78 is 16.7. The van der Waals surface area contributed by atoms with Crippen LogP contribution in [0.15, 0.2) is 78.4 Å². The summed E-state index contributed by atoms with van der Waals surface area (Å²) in [6, 6.07) is 19.4. The molecule has 3 heterocycles. The van der Waals surface area contributed by atoms with Crippen molar-refractivity contribution in [3.63, 3.8) is 0 Å². The van der Waals surface area contributed by atoms with Crippen molar-refractivity contribution in [1.29, 1.82) is 0 Å². The van der Waals surface area contributed by atoms with Gasteiger partial charge >= 0.3 is 0 Å². The Morgan fingerprint density at radius 2 is 1.48 bits per heavy atom. The third-order valence-corrected chi connectivity index (χ3v) is 11.6. The number of rotatable bonds is 6. The summed E-state index contributed by atoms with van der Waals surface area (Å²) in [5.74, 6) is -4.41. The number of ether oxygens (including phenoxy) is 3. The number of imide groups is 2. The molecule has 4 fully saturated rings. The van der Waals surface area contributed by atoms with E-state index in [0.717, 1.165) is 24.4 Å². The number of morpholine rings is 1. The van der Waals surface area contributed by atoms with Crippen LogP contribution in [0.25, 0.3) is 0 Å². The highest BCUT2D eigenvalue weighted by molar-refractivity contribution is 6.25.